The van der Waals surface area contributed by atoms with Crippen LogP contribution in [0.5, 0.6) is 0 Å². The second-order valence-electron chi connectivity index (χ2n) is 6.20. The monoisotopic (exact) mass is 308 g/mol. The fourth-order valence-corrected chi connectivity index (χ4v) is 2.94. The fraction of sp³-hybridized carbons (Fsp3) is 0.438. The second-order valence-corrected chi connectivity index (χ2v) is 6.20. The zero-order chi connectivity index (χ0) is 15.8. The molecule has 0 amide bonds. The third kappa shape index (κ3) is 2.68. The lowest BCUT2D eigenvalue weighted by Crippen LogP contribution is -2.50. The van der Waals surface area contributed by atoms with Gasteiger partial charge in [0.2, 0.25) is 0 Å². The molecule has 116 valence electrons. The summed E-state index contributed by atoms with van der Waals surface area (Å²) in [6.45, 7) is 2.13. The van der Waals surface area contributed by atoms with Gasteiger partial charge in [0.05, 0.1) is 24.0 Å². The van der Waals surface area contributed by atoms with E-state index in [2.05, 4.69) is 21.4 Å². The molecule has 0 unspecified atom stereocenters. The Balaban J connectivity index is 1.44. The molecule has 23 heavy (non-hydrogen) atoms. The minimum Gasteiger partial charge on any atom is -0.353 e. The van der Waals surface area contributed by atoms with Crippen LogP contribution in [0.15, 0.2) is 29.2 Å². The number of anilines is 1. The molecule has 2 aromatic heterocycles. The van der Waals surface area contributed by atoms with Crippen LogP contribution in [0.25, 0.3) is 0 Å². The summed E-state index contributed by atoms with van der Waals surface area (Å²) in [5, 5.41) is 21.5. The molecular weight excluding hydrogens is 292 g/mol. The van der Waals surface area contributed by atoms with Crippen molar-refractivity contribution in [2.75, 3.05) is 18.0 Å². The molecule has 0 atom stereocenters. The van der Waals surface area contributed by atoms with Crippen LogP contribution in [0.4, 0.5) is 5.82 Å². The van der Waals surface area contributed by atoms with Gasteiger partial charge in [-0.05, 0) is 25.0 Å². The first kappa shape index (κ1) is 13.9. The summed E-state index contributed by atoms with van der Waals surface area (Å²) in [6, 6.07) is 7.27. The van der Waals surface area contributed by atoms with Crippen molar-refractivity contribution in [3.63, 3.8) is 0 Å². The Hall–Kier alpha value is -2.75. The van der Waals surface area contributed by atoms with E-state index in [0.717, 1.165) is 18.8 Å². The molecule has 0 aromatic carbocycles. The largest absolute Gasteiger partial charge is 0.353 e. The Morgan fingerprint density at radius 3 is 2.83 bits per heavy atom. The topological polar surface area (TPSA) is 87.7 Å². The quantitative estimate of drug-likeness (QED) is 0.834. The van der Waals surface area contributed by atoms with Gasteiger partial charge in [0, 0.05) is 31.0 Å². The molecule has 2 fully saturated rings. The molecule has 1 saturated heterocycles. The first-order valence-electron chi connectivity index (χ1n) is 7.79. The van der Waals surface area contributed by atoms with Crippen molar-refractivity contribution in [1.29, 1.82) is 5.26 Å². The Morgan fingerprint density at radius 1 is 1.26 bits per heavy atom. The van der Waals surface area contributed by atoms with Crippen molar-refractivity contribution in [2.45, 2.75) is 25.3 Å². The van der Waals surface area contributed by atoms with E-state index in [1.807, 2.05) is 11.0 Å². The molecule has 0 radical (unpaired) electrons. The lowest BCUT2D eigenvalue weighted by Gasteiger charge is -2.40. The highest BCUT2D eigenvalue weighted by Gasteiger charge is 2.31. The molecule has 0 spiro atoms. The normalized spacial score (nSPS) is 17.6. The highest BCUT2D eigenvalue weighted by molar-refractivity contribution is 5.54. The molecule has 3 heterocycles. The summed E-state index contributed by atoms with van der Waals surface area (Å²) in [4.78, 5) is 14.0. The molecule has 2 aliphatic rings. The van der Waals surface area contributed by atoms with Crippen LogP contribution in [0, 0.1) is 17.2 Å². The summed E-state index contributed by atoms with van der Waals surface area (Å²) in [6.07, 6.45) is 3.87. The molecule has 7 nitrogen and oxygen atoms in total. The number of aromatic nitrogens is 4. The zero-order valence-corrected chi connectivity index (χ0v) is 12.6. The number of hydrogen-bond acceptors (Lipinski definition) is 6. The van der Waals surface area contributed by atoms with E-state index in [-0.39, 0.29) is 5.56 Å². The maximum Gasteiger partial charge on any atom is 0.266 e. The first-order chi connectivity index (χ1) is 11.2. The summed E-state index contributed by atoms with van der Waals surface area (Å²) in [5.41, 5.74) is 1.51. The van der Waals surface area contributed by atoms with E-state index >= 15 is 0 Å². The fourth-order valence-electron chi connectivity index (χ4n) is 2.94. The van der Waals surface area contributed by atoms with Crippen LogP contribution >= 0.6 is 0 Å². The van der Waals surface area contributed by atoms with Gasteiger partial charge in [0.25, 0.3) is 5.56 Å². The van der Waals surface area contributed by atoms with Crippen LogP contribution in [0.2, 0.25) is 0 Å². The summed E-state index contributed by atoms with van der Waals surface area (Å²) >= 11 is 0. The Bertz CT molecular complexity index is 829. The van der Waals surface area contributed by atoms with Gasteiger partial charge in [-0.15, -0.1) is 5.10 Å². The minimum atomic E-state index is -0.0509. The van der Waals surface area contributed by atoms with Gasteiger partial charge in [-0.2, -0.15) is 15.5 Å². The van der Waals surface area contributed by atoms with Crippen LogP contribution in [0.1, 0.15) is 30.0 Å². The van der Waals surface area contributed by atoms with Gasteiger partial charge in [-0.1, -0.05) is 0 Å². The van der Waals surface area contributed by atoms with E-state index in [1.165, 1.54) is 19.0 Å². The number of hydrogen-bond donors (Lipinski definition) is 0. The lowest BCUT2D eigenvalue weighted by molar-refractivity contribution is 0.330. The smallest absolute Gasteiger partial charge is 0.266 e. The standard InChI is InChI=1S/C16H16N6O/c17-7-13-5-6-18-19-16(13)21-8-11(9-21)10-22-15(23)4-3-14(20-22)12-1-2-12/h3-6,11-12H,1-2,8-10H2. The summed E-state index contributed by atoms with van der Waals surface area (Å²) < 4.78 is 1.58. The van der Waals surface area contributed by atoms with Gasteiger partial charge < -0.3 is 4.90 Å². The van der Waals surface area contributed by atoms with Gasteiger partial charge >= 0.3 is 0 Å². The highest BCUT2D eigenvalue weighted by Crippen LogP contribution is 2.38. The Kier molecular flexibility index (Phi) is 3.30. The third-order valence-corrected chi connectivity index (χ3v) is 4.39. The average molecular weight is 308 g/mol. The van der Waals surface area contributed by atoms with Gasteiger partial charge in [-0.25, -0.2) is 4.68 Å². The van der Waals surface area contributed by atoms with E-state index < -0.39 is 0 Å². The molecular formula is C16H16N6O. The molecule has 0 bridgehead atoms. The number of rotatable bonds is 4. The molecule has 0 N–H and O–H groups in total. The molecule has 1 aliphatic carbocycles. The maximum atomic E-state index is 12.0. The average Bonchev–Trinajstić information content (AvgIpc) is 3.37. The van der Waals surface area contributed by atoms with Crippen LogP contribution in [0.3, 0.4) is 0 Å². The summed E-state index contributed by atoms with van der Waals surface area (Å²) in [7, 11) is 0. The number of nitrogens with zero attached hydrogens (tertiary/aromatic N) is 6. The van der Waals surface area contributed by atoms with Crippen molar-refractivity contribution >= 4 is 5.82 Å². The van der Waals surface area contributed by atoms with E-state index in [0.29, 0.717) is 29.8 Å². The molecule has 2 aromatic rings. The lowest BCUT2D eigenvalue weighted by atomic mass is 9.99. The first-order valence-corrected chi connectivity index (χ1v) is 7.79. The molecule has 1 aliphatic heterocycles. The maximum absolute atomic E-state index is 12.0. The second kappa shape index (κ2) is 5.47. The minimum absolute atomic E-state index is 0.0509. The predicted octanol–water partition coefficient (Wildman–Crippen LogP) is 0.919. The number of nitriles is 1. The van der Waals surface area contributed by atoms with Crippen molar-refractivity contribution in [1.82, 2.24) is 20.0 Å². The Morgan fingerprint density at radius 2 is 2.09 bits per heavy atom. The summed E-state index contributed by atoms with van der Waals surface area (Å²) in [5.74, 6) is 1.50. The Labute approximate surface area is 133 Å². The third-order valence-electron chi connectivity index (χ3n) is 4.39. The highest BCUT2D eigenvalue weighted by atomic mass is 16.1. The van der Waals surface area contributed by atoms with E-state index in [1.54, 1.807) is 16.8 Å². The van der Waals surface area contributed by atoms with E-state index in [9.17, 15) is 4.79 Å². The molecule has 4 rings (SSSR count). The van der Waals surface area contributed by atoms with Gasteiger partial charge in [-0.3, -0.25) is 4.79 Å². The van der Waals surface area contributed by atoms with Crippen molar-refractivity contribution in [3.05, 3.63) is 46.0 Å². The predicted molar refractivity (Wildman–Crippen MR) is 82.9 cm³/mol. The molecule has 7 heteroatoms. The van der Waals surface area contributed by atoms with Crippen molar-refractivity contribution in [2.24, 2.45) is 5.92 Å². The van der Waals surface area contributed by atoms with Crippen molar-refractivity contribution in [3.8, 4) is 6.07 Å². The zero-order valence-electron chi connectivity index (χ0n) is 12.6. The van der Waals surface area contributed by atoms with Crippen molar-refractivity contribution < 1.29 is 0 Å². The van der Waals surface area contributed by atoms with Crippen LogP contribution in [-0.4, -0.2) is 33.1 Å². The van der Waals surface area contributed by atoms with Crippen LogP contribution in [-0.2, 0) is 6.54 Å². The van der Waals surface area contributed by atoms with E-state index in [4.69, 9.17) is 5.26 Å². The van der Waals surface area contributed by atoms with Gasteiger partial charge in [0.15, 0.2) is 5.82 Å². The SMILES string of the molecule is N#Cc1ccnnc1N1CC(Cn2nc(C3CC3)ccc2=O)C1. The van der Waals surface area contributed by atoms with Crippen LogP contribution < -0.4 is 10.5 Å². The van der Waals surface area contributed by atoms with Gasteiger partial charge in [0.1, 0.15) is 6.07 Å². The molecule has 1 saturated carbocycles.